The van der Waals surface area contributed by atoms with Crippen LogP contribution in [0.2, 0.25) is 4.34 Å². The van der Waals surface area contributed by atoms with Gasteiger partial charge in [-0.2, -0.15) is 0 Å². The minimum Gasteiger partial charge on any atom is -0.399 e. The van der Waals surface area contributed by atoms with Crippen LogP contribution in [0.4, 0.5) is 5.69 Å². The van der Waals surface area contributed by atoms with Crippen LogP contribution in [0, 0.1) is 0 Å². The maximum absolute atomic E-state index is 11.9. The molecule has 5 heteroatoms. The van der Waals surface area contributed by atoms with E-state index in [0.717, 1.165) is 20.5 Å². The van der Waals surface area contributed by atoms with Crippen molar-refractivity contribution < 1.29 is 4.79 Å². The van der Waals surface area contributed by atoms with E-state index in [0.29, 0.717) is 13.0 Å². The lowest BCUT2D eigenvalue weighted by atomic mass is 9.97. The first kappa shape index (κ1) is 14.9. The second-order valence-electron chi connectivity index (χ2n) is 4.75. The third kappa shape index (κ3) is 4.25. The summed E-state index contributed by atoms with van der Waals surface area (Å²) < 4.78 is 0.740. The van der Waals surface area contributed by atoms with Gasteiger partial charge in [-0.15, -0.1) is 11.3 Å². The molecule has 0 aliphatic rings. The Balaban J connectivity index is 1.83. The SMILES string of the molecule is CC(CC(=O)NCc1ccc(Cl)s1)c1ccc(N)cc1. The van der Waals surface area contributed by atoms with Gasteiger partial charge in [-0.1, -0.05) is 30.7 Å². The Morgan fingerprint density at radius 2 is 2.00 bits per heavy atom. The minimum atomic E-state index is 0.0406. The number of nitrogen functional groups attached to an aromatic ring is 1. The summed E-state index contributed by atoms with van der Waals surface area (Å²) in [5, 5.41) is 2.91. The van der Waals surface area contributed by atoms with Gasteiger partial charge in [0.15, 0.2) is 0 Å². The number of thiophene rings is 1. The molecule has 106 valence electrons. The highest BCUT2D eigenvalue weighted by atomic mass is 35.5. The summed E-state index contributed by atoms with van der Waals surface area (Å²) in [5.41, 5.74) is 7.51. The van der Waals surface area contributed by atoms with Gasteiger partial charge in [0.2, 0.25) is 5.91 Å². The molecule has 3 nitrogen and oxygen atoms in total. The zero-order valence-corrected chi connectivity index (χ0v) is 12.8. The van der Waals surface area contributed by atoms with Crippen molar-refractivity contribution in [3.05, 3.63) is 51.2 Å². The third-order valence-electron chi connectivity index (χ3n) is 3.09. The topological polar surface area (TPSA) is 55.1 Å². The van der Waals surface area contributed by atoms with Crippen LogP contribution in [0.5, 0.6) is 0 Å². The summed E-state index contributed by atoms with van der Waals surface area (Å²) in [4.78, 5) is 13.0. The zero-order valence-electron chi connectivity index (χ0n) is 11.2. The standard InChI is InChI=1S/C15H17ClN2OS/c1-10(11-2-4-12(17)5-3-11)8-15(19)18-9-13-6-7-14(16)20-13/h2-7,10H,8-9,17H2,1H3,(H,18,19). The molecule has 0 bridgehead atoms. The molecule has 2 aromatic rings. The summed E-state index contributed by atoms with van der Waals surface area (Å²) in [7, 11) is 0. The molecule has 0 fully saturated rings. The highest BCUT2D eigenvalue weighted by Gasteiger charge is 2.11. The monoisotopic (exact) mass is 308 g/mol. The molecule has 1 aromatic heterocycles. The van der Waals surface area contributed by atoms with E-state index < -0.39 is 0 Å². The number of benzene rings is 1. The Labute approximate surface area is 127 Å². The maximum Gasteiger partial charge on any atom is 0.220 e. The van der Waals surface area contributed by atoms with Crippen LogP contribution in [0.25, 0.3) is 0 Å². The molecule has 0 saturated heterocycles. The Bertz CT molecular complexity index is 580. The Morgan fingerprint density at radius 3 is 2.60 bits per heavy atom. The molecule has 20 heavy (non-hydrogen) atoms. The largest absolute Gasteiger partial charge is 0.399 e. The number of hydrogen-bond donors (Lipinski definition) is 2. The van der Waals surface area contributed by atoms with Crippen molar-refractivity contribution in [2.75, 3.05) is 5.73 Å². The first-order valence-corrected chi connectivity index (χ1v) is 7.60. The molecule has 0 radical (unpaired) electrons. The van der Waals surface area contributed by atoms with Crippen molar-refractivity contribution in [3.8, 4) is 0 Å². The van der Waals surface area contributed by atoms with Crippen LogP contribution in [0.1, 0.15) is 29.7 Å². The fourth-order valence-corrected chi connectivity index (χ4v) is 2.95. The average Bonchev–Trinajstić information content (AvgIpc) is 2.83. The van der Waals surface area contributed by atoms with Crippen LogP contribution >= 0.6 is 22.9 Å². The summed E-state index contributed by atoms with van der Waals surface area (Å²) in [5.74, 6) is 0.210. The van der Waals surface area contributed by atoms with E-state index >= 15 is 0 Å². The van der Waals surface area contributed by atoms with E-state index in [-0.39, 0.29) is 11.8 Å². The number of carbonyl (C=O) groups excluding carboxylic acids is 1. The number of anilines is 1. The lowest BCUT2D eigenvalue weighted by Gasteiger charge is -2.12. The summed E-state index contributed by atoms with van der Waals surface area (Å²) in [6, 6.07) is 11.4. The number of nitrogens with one attached hydrogen (secondary N) is 1. The van der Waals surface area contributed by atoms with Crippen molar-refractivity contribution in [1.82, 2.24) is 5.32 Å². The predicted molar refractivity (Wildman–Crippen MR) is 85.1 cm³/mol. The molecule has 0 saturated carbocycles. The van der Waals surface area contributed by atoms with Crippen molar-refractivity contribution >= 4 is 34.5 Å². The molecule has 1 heterocycles. The Morgan fingerprint density at radius 1 is 1.30 bits per heavy atom. The fourth-order valence-electron chi connectivity index (χ4n) is 1.93. The van der Waals surface area contributed by atoms with E-state index in [1.165, 1.54) is 11.3 Å². The molecule has 1 amide bonds. The van der Waals surface area contributed by atoms with E-state index in [1.807, 2.05) is 43.3 Å². The number of hydrogen-bond acceptors (Lipinski definition) is 3. The van der Waals surface area contributed by atoms with Crippen LogP contribution in [0.3, 0.4) is 0 Å². The van der Waals surface area contributed by atoms with E-state index in [1.54, 1.807) is 0 Å². The van der Waals surface area contributed by atoms with Gasteiger partial charge in [0.05, 0.1) is 10.9 Å². The van der Waals surface area contributed by atoms with E-state index in [4.69, 9.17) is 17.3 Å². The van der Waals surface area contributed by atoms with Crippen LogP contribution in [-0.2, 0) is 11.3 Å². The molecule has 3 N–H and O–H groups in total. The predicted octanol–water partition coefficient (Wildman–Crippen LogP) is 3.79. The number of rotatable bonds is 5. The third-order valence-corrected chi connectivity index (χ3v) is 4.32. The van der Waals surface area contributed by atoms with Gasteiger partial charge in [-0.05, 0) is 35.7 Å². The first-order chi connectivity index (χ1) is 9.54. The highest BCUT2D eigenvalue weighted by molar-refractivity contribution is 7.16. The van der Waals surface area contributed by atoms with Gasteiger partial charge in [0, 0.05) is 17.0 Å². The fraction of sp³-hybridized carbons (Fsp3) is 0.267. The van der Waals surface area contributed by atoms with Crippen LogP contribution in [0.15, 0.2) is 36.4 Å². The van der Waals surface area contributed by atoms with Gasteiger partial charge in [0.1, 0.15) is 0 Å². The van der Waals surface area contributed by atoms with Gasteiger partial charge in [-0.25, -0.2) is 0 Å². The Hall–Kier alpha value is -1.52. The second-order valence-corrected chi connectivity index (χ2v) is 6.55. The molecule has 0 spiro atoms. The lowest BCUT2D eigenvalue weighted by Crippen LogP contribution is -2.23. The molecule has 1 atom stereocenters. The van der Waals surface area contributed by atoms with Crippen molar-refractivity contribution in [1.29, 1.82) is 0 Å². The van der Waals surface area contributed by atoms with Crippen molar-refractivity contribution in [2.24, 2.45) is 0 Å². The van der Waals surface area contributed by atoms with Crippen LogP contribution < -0.4 is 11.1 Å². The maximum atomic E-state index is 11.9. The number of nitrogens with two attached hydrogens (primary N) is 1. The zero-order chi connectivity index (χ0) is 14.5. The second kappa shape index (κ2) is 6.77. The first-order valence-electron chi connectivity index (χ1n) is 6.41. The summed E-state index contributed by atoms with van der Waals surface area (Å²) in [6.45, 7) is 2.57. The number of halogens is 1. The molecule has 0 aliphatic carbocycles. The van der Waals surface area contributed by atoms with Crippen molar-refractivity contribution in [2.45, 2.75) is 25.8 Å². The molecular formula is C15H17ClN2OS. The Kier molecular flexibility index (Phi) is 5.04. The van der Waals surface area contributed by atoms with Gasteiger partial charge >= 0.3 is 0 Å². The molecular weight excluding hydrogens is 292 g/mol. The lowest BCUT2D eigenvalue weighted by molar-refractivity contribution is -0.121. The van der Waals surface area contributed by atoms with E-state index in [9.17, 15) is 4.79 Å². The number of amides is 1. The molecule has 2 rings (SSSR count). The number of carbonyl (C=O) groups is 1. The molecule has 1 unspecified atom stereocenters. The van der Waals surface area contributed by atoms with Gasteiger partial charge in [0.25, 0.3) is 0 Å². The quantitative estimate of drug-likeness (QED) is 0.826. The molecule has 0 aliphatic heterocycles. The minimum absolute atomic E-state index is 0.0406. The average molecular weight is 309 g/mol. The van der Waals surface area contributed by atoms with Crippen LogP contribution in [-0.4, -0.2) is 5.91 Å². The smallest absolute Gasteiger partial charge is 0.220 e. The highest BCUT2D eigenvalue weighted by Crippen LogP contribution is 2.22. The summed E-state index contributed by atoms with van der Waals surface area (Å²) in [6.07, 6.45) is 0.461. The van der Waals surface area contributed by atoms with Gasteiger partial charge in [-0.3, -0.25) is 4.79 Å². The normalized spacial score (nSPS) is 12.1. The van der Waals surface area contributed by atoms with Gasteiger partial charge < -0.3 is 11.1 Å². The van der Waals surface area contributed by atoms with Crippen molar-refractivity contribution in [3.63, 3.8) is 0 Å². The summed E-state index contributed by atoms with van der Waals surface area (Å²) >= 11 is 7.33. The molecule has 1 aromatic carbocycles. The van der Waals surface area contributed by atoms with E-state index in [2.05, 4.69) is 5.32 Å².